The van der Waals surface area contributed by atoms with Crippen molar-refractivity contribution < 1.29 is 19.3 Å². The summed E-state index contributed by atoms with van der Waals surface area (Å²) in [5, 5.41) is 11.6. The molecule has 0 amide bonds. The molecule has 0 aliphatic heterocycles. The molecule has 0 aliphatic rings. The summed E-state index contributed by atoms with van der Waals surface area (Å²) in [6, 6.07) is 1.82. The zero-order valence-electron chi connectivity index (χ0n) is 11.4. The van der Waals surface area contributed by atoms with E-state index < -0.39 is 6.10 Å². The van der Waals surface area contributed by atoms with Crippen molar-refractivity contribution in [1.82, 2.24) is 4.98 Å². The van der Waals surface area contributed by atoms with Gasteiger partial charge < -0.3 is 19.3 Å². The summed E-state index contributed by atoms with van der Waals surface area (Å²) in [4.78, 5) is 4.10. The maximum atomic E-state index is 10.0. The first-order chi connectivity index (χ1) is 9.15. The minimum Gasteiger partial charge on any atom is -0.492 e. The van der Waals surface area contributed by atoms with Gasteiger partial charge in [0.15, 0.2) is 11.5 Å². The summed E-state index contributed by atoms with van der Waals surface area (Å²) in [5.41, 5.74) is 0.642. The van der Waals surface area contributed by atoms with Gasteiger partial charge in [-0.25, -0.2) is 0 Å². The summed E-state index contributed by atoms with van der Waals surface area (Å²) < 4.78 is 16.2. The maximum Gasteiger partial charge on any atom is 0.204 e. The molecule has 1 aromatic heterocycles. The lowest BCUT2D eigenvalue weighted by Crippen LogP contribution is -2.03. The summed E-state index contributed by atoms with van der Waals surface area (Å²) in [5.74, 6) is 1.51. The van der Waals surface area contributed by atoms with Gasteiger partial charge in [0, 0.05) is 28.7 Å². The Hall–Kier alpha value is -2.01. The number of hydrogen-bond donors (Lipinski definition) is 1. The van der Waals surface area contributed by atoms with Crippen molar-refractivity contribution in [2.75, 3.05) is 21.3 Å². The number of pyridine rings is 1. The van der Waals surface area contributed by atoms with Crippen molar-refractivity contribution in [2.45, 2.75) is 13.0 Å². The summed E-state index contributed by atoms with van der Waals surface area (Å²) in [6.07, 6.45) is 2.64. The standard InChI is InChI=1S/C14H17NO4/c1-8(16)11-10-7-15-6-5-9(10)12(17-2)14(19-4)13(11)18-3/h5-8,16H,1-4H3. The van der Waals surface area contributed by atoms with E-state index in [1.54, 1.807) is 33.5 Å². The van der Waals surface area contributed by atoms with Gasteiger partial charge in [-0.2, -0.15) is 0 Å². The zero-order chi connectivity index (χ0) is 14.0. The predicted molar refractivity (Wildman–Crippen MR) is 72.0 cm³/mol. The van der Waals surface area contributed by atoms with E-state index in [0.717, 1.165) is 10.8 Å². The van der Waals surface area contributed by atoms with Crippen LogP contribution >= 0.6 is 0 Å². The van der Waals surface area contributed by atoms with Crippen molar-refractivity contribution in [3.05, 3.63) is 24.0 Å². The number of fused-ring (bicyclic) bond motifs is 1. The molecule has 19 heavy (non-hydrogen) atoms. The van der Waals surface area contributed by atoms with Gasteiger partial charge >= 0.3 is 0 Å². The number of aromatic nitrogens is 1. The number of aliphatic hydroxyl groups is 1. The van der Waals surface area contributed by atoms with Crippen LogP contribution in [0.15, 0.2) is 18.5 Å². The van der Waals surface area contributed by atoms with Gasteiger partial charge in [0.1, 0.15) is 0 Å². The normalized spacial score (nSPS) is 12.3. The van der Waals surface area contributed by atoms with Gasteiger partial charge in [0.25, 0.3) is 0 Å². The highest BCUT2D eigenvalue weighted by molar-refractivity contribution is 5.96. The second-order valence-corrected chi connectivity index (χ2v) is 4.11. The molecule has 0 radical (unpaired) electrons. The van der Waals surface area contributed by atoms with Crippen LogP contribution in [-0.2, 0) is 0 Å². The largest absolute Gasteiger partial charge is 0.492 e. The Morgan fingerprint density at radius 2 is 1.63 bits per heavy atom. The van der Waals surface area contributed by atoms with Crippen LogP contribution in [0.1, 0.15) is 18.6 Å². The van der Waals surface area contributed by atoms with E-state index in [4.69, 9.17) is 14.2 Å². The molecule has 1 atom stereocenters. The number of ether oxygens (including phenoxy) is 3. The highest BCUT2D eigenvalue weighted by atomic mass is 16.5. The monoisotopic (exact) mass is 263 g/mol. The first-order valence-corrected chi connectivity index (χ1v) is 5.89. The van der Waals surface area contributed by atoms with Crippen LogP contribution in [0.3, 0.4) is 0 Å². The van der Waals surface area contributed by atoms with Crippen LogP contribution in [0.5, 0.6) is 17.2 Å². The first kappa shape index (κ1) is 13.4. The van der Waals surface area contributed by atoms with Crippen LogP contribution in [0, 0.1) is 0 Å². The smallest absolute Gasteiger partial charge is 0.204 e. The molecule has 0 aliphatic carbocycles. The minimum atomic E-state index is -0.707. The van der Waals surface area contributed by atoms with Gasteiger partial charge in [-0.3, -0.25) is 4.98 Å². The van der Waals surface area contributed by atoms with Gasteiger partial charge in [-0.15, -0.1) is 0 Å². The topological polar surface area (TPSA) is 60.8 Å². The lowest BCUT2D eigenvalue weighted by Gasteiger charge is -2.20. The van der Waals surface area contributed by atoms with Crippen LogP contribution in [0.25, 0.3) is 10.8 Å². The molecule has 1 aromatic carbocycles. The molecular formula is C14H17NO4. The average molecular weight is 263 g/mol. The lowest BCUT2D eigenvalue weighted by atomic mass is 10.00. The Morgan fingerprint density at radius 3 is 2.16 bits per heavy atom. The van der Waals surface area contributed by atoms with E-state index in [1.807, 2.05) is 6.07 Å². The first-order valence-electron chi connectivity index (χ1n) is 5.89. The van der Waals surface area contributed by atoms with Crippen molar-refractivity contribution >= 4 is 10.8 Å². The molecule has 1 unspecified atom stereocenters. The van der Waals surface area contributed by atoms with Crippen molar-refractivity contribution in [1.29, 1.82) is 0 Å². The summed E-state index contributed by atoms with van der Waals surface area (Å²) in [6.45, 7) is 1.68. The fourth-order valence-corrected chi connectivity index (χ4v) is 2.28. The Bertz CT molecular complexity index is 596. The third-order valence-electron chi connectivity index (χ3n) is 3.04. The Labute approximate surface area is 111 Å². The van der Waals surface area contributed by atoms with E-state index in [9.17, 15) is 5.11 Å². The molecule has 2 rings (SSSR count). The Balaban J connectivity index is 2.97. The molecule has 0 saturated heterocycles. The van der Waals surface area contributed by atoms with Gasteiger partial charge in [0.05, 0.1) is 27.4 Å². The number of hydrogen-bond acceptors (Lipinski definition) is 5. The second-order valence-electron chi connectivity index (χ2n) is 4.11. The van der Waals surface area contributed by atoms with Gasteiger partial charge in [-0.05, 0) is 13.0 Å². The van der Waals surface area contributed by atoms with E-state index in [1.165, 1.54) is 7.11 Å². The molecule has 1 heterocycles. The molecule has 0 spiro atoms. The van der Waals surface area contributed by atoms with Crippen LogP contribution in [0.2, 0.25) is 0 Å². The van der Waals surface area contributed by atoms with E-state index in [2.05, 4.69) is 4.98 Å². The number of nitrogens with zero attached hydrogens (tertiary/aromatic N) is 1. The van der Waals surface area contributed by atoms with Gasteiger partial charge in [0.2, 0.25) is 5.75 Å². The molecule has 0 saturated carbocycles. The predicted octanol–water partition coefficient (Wildman–Crippen LogP) is 2.31. The third-order valence-corrected chi connectivity index (χ3v) is 3.04. The van der Waals surface area contributed by atoms with Crippen molar-refractivity contribution in [3.8, 4) is 17.2 Å². The molecule has 1 N–H and O–H groups in total. The van der Waals surface area contributed by atoms with E-state index in [0.29, 0.717) is 22.8 Å². The SMILES string of the molecule is COc1c(OC)c(C(C)O)c2cnccc2c1OC. The van der Waals surface area contributed by atoms with Gasteiger partial charge in [-0.1, -0.05) is 0 Å². The molecule has 0 bridgehead atoms. The molecule has 2 aromatic rings. The van der Waals surface area contributed by atoms with Crippen LogP contribution in [-0.4, -0.2) is 31.4 Å². The average Bonchev–Trinajstić information content (AvgIpc) is 2.43. The second kappa shape index (κ2) is 5.32. The molecular weight excluding hydrogens is 246 g/mol. The quantitative estimate of drug-likeness (QED) is 0.917. The van der Waals surface area contributed by atoms with Crippen molar-refractivity contribution in [3.63, 3.8) is 0 Å². The zero-order valence-corrected chi connectivity index (χ0v) is 11.4. The Kier molecular flexibility index (Phi) is 3.76. The third kappa shape index (κ3) is 2.06. The van der Waals surface area contributed by atoms with Crippen LogP contribution < -0.4 is 14.2 Å². The Morgan fingerprint density at radius 1 is 1.00 bits per heavy atom. The molecule has 0 fully saturated rings. The van der Waals surface area contributed by atoms with E-state index >= 15 is 0 Å². The molecule has 5 heteroatoms. The number of methoxy groups -OCH3 is 3. The van der Waals surface area contributed by atoms with Crippen LogP contribution in [0.4, 0.5) is 0 Å². The lowest BCUT2D eigenvalue weighted by molar-refractivity contribution is 0.194. The van der Waals surface area contributed by atoms with E-state index in [-0.39, 0.29) is 0 Å². The maximum absolute atomic E-state index is 10.0. The number of benzene rings is 1. The summed E-state index contributed by atoms with van der Waals surface area (Å²) >= 11 is 0. The number of rotatable bonds is 4. The fraction of sp³-hybridized carbons (Fsp3) is 0.357. The fourth-order valence-electron chi connectivity index (χ4n) is 2.28. The highest BCUT2D eigenvalue weighted by Gasteiger charge is 2.24. The molecule has 5 nitrogen and oxygen atoms in total. The summed E-state index contributed by atoms with van der Waals surface area (Å²) in [7, 11) is 4.64. The minimum absolute atomic E-state index is 0.467. The number of aliphatic hydroxyl groups excluding tert-OH is 1. The molecule has 102 valence electrons. The van der Waals surface area contributed by atoms with Crippen molar-refractivity contribution in [2.24, 2.45) is 0 Å². The highest BCUT2D eigenvalue weighted by Crippen LogP contribution is 2.48.